The van der Waals surface area contributed by atoms with Crippen LogP contribution in [-0.2, 0) is 42.3 Å². The lowest BCUT2D eigenvalue weighted by Crippen LogP contribution is -2.29. The highest BCUT2D eigenvalue weighted by Crippen LogP contribution is 2.34. The molecule has 4 rings (SSSR count). The predicted octanol–water partition coefficient (Wildman–Crippen LogP) is 9.72. The minimum absolute atomic E-state index is 0.0340. The van der Waals surface area contributed by atoms with E-state index in [1.165, 1.54) is 22.3 Å². The number of nitrogens with zero attached hydrogens (tertiary/aromatic N) is 2. The number of carbonyl (C=O) groups is 2. The molecule has 0 aliphatic carbocycles. The van der Waals surface area contributed by atoms with Crippen molar-refractivity contribution in [2.45, 2.75) is 93.0 Å². The molecule has 256 valence electrons. The molecule has 0 spiro atoms. The predicted molar refractivity (Wildman–Crippen MR) is 199 cm³/mol. The lowest BCUT2D eigenvalue weighted by atomic mass is 9.92. The second kappa shape index (κ2) is 17.3. The fraction of sp³-hybridized carbons (Fsp3) is 0.442. The largest absolute Gasteiger partial charge is 0.466 e. The number of ether oxygens (including phenoxy) is 1. The maximum atomic E-state index is 13.9. The van der Waals surface area contributed by atoms with Crippen molar-refractivity contribution in [3.05, 3.63) is 124 Å². The average Bonchev–Trinajstić information content (AvgIpc) is 3.38. The van der Waals surface area contributed by atoms with Gasteiger partial charge in [0.1, 0.15) is 0 Å². The molecule has 3 aromatic carbocycles. The minimum atomic E-state index is -0.173. The first-order valence-corrected chi connectivity index (χ1v) is 18.0. The van der Waals surface area contributed by atoms with Crippen LogP contribution >= 0.6 is 0 Å². The number of esters is 1. The average molecular weight is 649 g/mol. The molecule has 0 N–H and O–H groups in total. The van der Waals surface area contributed by atoms with Crippen LogP contribution in [0.1, 0.15) is 117 Å². The third-order valence-corrected chi connectivity index (χ3v) is 9.15. The van der Waals surface area contributed by atoms with Gasteiger partial charge in [-0.25, -0.2) is 0 Å². The van der Waals surface area contributed by atoms with E-state index in [0.717, 1.165) is 54.9 Å². The molecular formula is C43H56N2O3. The van der Waals surface area contributed by atoms with Crippen molar-refractivity contribution < 1.29 is 14.3 Å². The lowest BCUT2D eigenvalue weighted by molar-refractivity contribution is -0.143. The van der Waals surface area contributed by atoms with Crippen molar-refractivity contribution >= 4 is 17.4 Å². The second-order valence-electron chi connectivity index (χ2n) is 13.8. The van der Waals surface area contributed by atoms with Gasteiger partial charge in [0.05, 0.1) is 12.6 Å². The van der Waals surface area contributed by atoms with Crippen molar-refractivity contribution in [3.8, 4) is 0 Å². The minimum Gasteiger partial charge on any atom is -0.466 e. The van der Waals surface area contributed by atoms with E-state index < -0.39 is 0 Å². The number of carbonyl (C=O) groups excluding carboxylic acids is 2. The Morgan fingerprint density at radius 3 is 1.77 bits per heavy atom. The molecule has 0 aliphatic heterocycles. The van der Waals surface area contributed by atoms with Gasteiger partial charge in [0.25, 0.3) is 0 Å². The molecule has 1 heterocycles. The molecular weight excluding hydrogens is 592 g/mol. The van der Waals surface area contributed by atoms with E-state index in [-0.39, 0.29) is 17.8 Å². The highest BCUT2D eigenvalue weighted by molar-refractivity contribution is 6.10. The summed E-state index contributed by atoms with van der Waals surface area (Å²) in [5.74, 6) is 1.08. The van der Waals surface area contributed by atoms with Crippen LogP contribution in [0.3, 0.4) is 0 Å². The van der Waals surface area contributed by atoms with Gasteiger partial charge in [-0.3, -0.25) is 9.59 Å². The number of anilines is 1. The smallest absolute Gasteiger partial charge is 0.305 e. The molecule has 0 saturated carbocycles. The Kier molecular flexibility index (Phi) is 13.3. The summed E-state index contributed by atoms with van der Waals surface area (Å²) in [5, 5.41) is 0. The van der Waals surface area contributed by atoms with Crippen LogP contribution in [0.25, 0.3) is 0 Å². The molecule has 48 heavy (non-hydrogen) atoms. The van der Waals surface area contributed by atoms with Gasteiger partial charge < -0.3 is 14.2 Å². The normalized spacial score (nSPS) is 11.5. The number of aryl methyl sites for hydroxylation is 1. The van der Waals surface area contributed by atoms with E-state index in [2.05, 4.69) is 112 Å². The van der Waals surface area contributed by atoms with Gasteiger partial charge in [0.2, 0.25) is 0 Å². The summed E-state index contributed by atoms with van der Waals surface area (Å²) in [6.07, 6.45) is 4.68. The zero-order valence-corrected chi connectivity index (χ0v) is 30.5. The summed E-state index contributed by atoms with van der Waals surface area (Å²) in [6, 6.07) is 28.5. The SMILES string of the molecule is CCOC(=O)CCCc1cc(C(=O)c2ccc(N(CC)C(c3ccc(CC(C)C)cc3)c3ccc(CC(C)C)cc3)cc2)c(CC)n1C. The Morgan fingerprint density at radius 2 is 1.31 bits per heavy atom. The van der Waals surface area contributed by atoms with Crippen LogP contribution in [-0.4, -0.2) is 29.5 Å². The van der Waals surface area contributed by atoms with E-state index in [1.54, 1.807) is 0 Å². The molecule has 0 bridgehead atoms. The summed E-state index contributed by atoms with van der Waals surface area (Å²) in [6.45, 7) is 16.4. The molecule has 4 aromatic rings. The topological polar surface area (TPSA) is 51.5 Å². The maximum absolute atomic E-state index is 13.9. The van der Waals surface area contributed by atoms with Crippen LogP contribution in [0.5, 0.6) is 0 Å². The van der Waals surface area contributed by atoms with E-state index in [4.69, 9.17) is 4.74 Å². The third-order valence-electron chi connectivity index (χ3n) is 9.15. The van der Waals surface area contributed by atoms with Gasteiger partial charge in [-0.2, -0.15) is 0 Å². The highest BCUT2D eigenvalue weighted by Gasteiger charge is 2.24. The summed E-state index contributed by atoms with van der Waals surface area (Å²) < 4.78 is 7.21. The quantitative estimate of drug-likeness (QED) is 0.0845. The molecule has 0 saturated heterocycles. The molecule has 0 radical (unpaired) electrons. The number of rotatable bonds is 17. The molecule has 0 atom stereocenters. The third kappa shape index (κ3) is 9.27. The van der Waals surface area contributed by atoms with Crippen LogP contribution in [0, 0.1) is 11.8 Å². The van der Waals surface area contributed by atoms with Crippen LogP contribution in [0.4, 0.5) is 5.69 Å². The first kappa shape index (κ1) is 36.7. The van der Waals surface area contributed by atoms with Gasteiger partial charge in [0, 0.05) is 48.2 Å². The monoisotopic (exact) mass is 648 g/mol. The van der Waals surface area contributed by atoms with Gasteiger partial charge in [-0.1, -0.05) is 83.1 Å². The van der Waals surface area contributed by atoms with Gasteiger partial charge in [-0.05, 0) is 110 Å². The van der Waals surface area contributed by atoms with Crippen molar-refractivity contribution in [2.75, 3.05) is 18.1 Å². The van der Waals surface area contributed by atoms with Crippen molar-refractivity contribution in [1.29, 1.82) is 0 Å². The number of benzene rings is 3. The number of ketones is 1. The number of hydrogen-bond acceptors (Lipinski definition) is 4. The second-order valence-corrected chi connectivity index (χ2v) is 13.8. The van der Waals surface area contributed by atoms with Crippen LogP contribution < -0.4 is 4.90 Å². The fourth-order valence-electron chi connectivity index (χ4n) is 6.85. The Morgan fingerprint density at radius 1 is 0.771 bits per heavy atom. The summed E-state index contributed by atoms with van der Waals surface area (Å²) in [5.41, 5.74) is 9.83. The zero-order valence-electron chi connectivity index (χ0n) is 30.5. The Hall–Kier alpha value is -4.12. The van der Waals surface area contributed by atoms with Gasteiger partial charge in [0.15, 0.2) is 5.78 Å². The highest BCUT2D eigenvalue weighted by atomic mass is 16.5. The first-order valence-electron chi connectivity index (χ1n) is 18.0. The molecule has 5 heteroatoms. The number of aromatic nitrogens is 1. The molecule has 0 amide bonds. The molecule has 1 aromatic heterocycles. The maximum Gasteiger partial charge on any atom is 0.305 e. The molecule has 5 nitrogen and oxygen atoms in total. The van der Waals surface area contributed by atoms with Crippen molar-refractivity contribution in [1.82, 2.24) is 4.57 Å². The standard InChI is InChI=1S/C43H56N2O3/c1-9-40-39(29-38(44(40)8)13-12-14-41(46)48-11-3)43(47)36-23-25-37(26-24-36)45(10-2)42(34-19-15-32(16-20-34)27-30(4)5)35-21-17-33(18-22-35)28-31(6)7/h15-26,29-31,42H,9-14,27-28H2,1-8H3. The Labute approximate surface area is 289 Å². The van der Waals surface area contributed by atoms with Crippen LogP contribution in [0.2, 0.25) is 0 Å². The van der Waals surface area contributed by atoms with Gasteiger partial charge in [-0.15, -0.1) is 0 Å². The summed E-state index contributed by atoms with van der Waals surface area (Å²) in [4.78, 5) is 28.2. The summed E-state index contributed by atoms with van der Waals surface area (Å²) >= 11 is 0. The lowest BCUT2D eigenvalue weighted by Gasteiger charge is -2.34. The van der Waals surface area contributed by atoms with Crippen molar-refractivity contribution in [2.24, 2.45) is 18.9 Å². The Bertz CT molecular complexity index is 1560. The van der Waals surface area contributed by atoms with E-state index in [0.29, 0.717) is 36.8 Å². The fourth-order valence-corrected chi connectivity index (χ4v) is 6.85. The van der Waals surface area contributed by atoms with E-state index in [9.17, 15) is 9.59 Å². The Balaban J connectivity index is 1.62. The first-order chi connectivity index (χ1) is 23.1. The molecule has 0 unspecified atom stereocenters. The van der Waals surface area contributed by atoms with Crippen molar-refractivity contribution in [3.63, 3.8) is 0 Å². The van der Waals surface area contributed by atoms with Gasteiger partial charge >= 0.3 is 5.97 Å². The van der Waals surface area contributed by atoms with Crippen LogP contribution in [0.15, 0.2) is 78.9 Å². The molecule has 0 aliphatic rings. The van der Waals surface area contributed by atoms with E-state index >= 15 is 0 Å². The molecule has 0 fully saturated rings. The summed E-state index contributed by atoms with van der Waals surface area (Å²) in [7, 11) is 2.02. The number of hydrogen-bond donors (Lipinski definition) is 0. The zero-order chi connectivity index (χ0) is 34.8. The van der Waals surface area contributed by atoms with E-state index in [1.807, 2.05) is 32.2 Å².